The second-order valence-electron chi connectivity index (χ2n) is 6.79. The number of amides is 1. The number of aliphatic hydroxyl groups is 1. The molecule has 1 aromatic carbocycles. The topological polar surface area (TPSA) is 49.8 Å². The van der Waals surface area contributed by atoms with E-state index in [1.165, 1.54) is 0 Å². The van der Waals surface area contributed by atoms with Gasteiger partial charge in [-0.1, -0.05) is 30.3 Å². The van der Waals surface area contributed by atoms with Crippen molar-refractivity contribution in [3.63, 3.8) is 0 Å². The number of rotatable bonds is 2. The molecule has 0 aliphatic heterocycles. The van der Waals surface area contributed by atoms with Crippen molar-refractivity contribution in [1.29, 1.82) is 0 Å². The number of carbonyl (C=O) groups excluding carboxylic acids is 1. The Morgan fingerprint density at radius 1 is 1.33 bits per heavy atom. The number of ether oxygens (including phenoxy) is 1. The standard InChI is InChI=1S/C17H25NO3/c1-16(2,3)21-15(19)18(4)14-11-8-12-17(14,20)13-9-6-5-7-10-13/h5-7,9-10,14,20H,8,11-12H2,1-4H3/t14-,17-/m1/s1. The summed E-state index contributed by atoms with van der Waals surface area (Å²) < 4.78 is 5.42. The summed E-state index contributed by atoms with van der Waals surface area (Å²) in [5.41, 5.74) is -0.662. The molecule has 0 saturated heterocycles. The van der Waals surface area contributed by atoms with Gasteiger partial charge < -0.3 is 14.7 Å². The van der Waals surface area contributed by atoms with Gasteiger partial charge in [-0.25, -0.2) is 4.79 Å². The molecule has 0 heterocycles. The van der Waals surface area contributed by atoms with E-state index < -0.39 is 11.2 Å². The van der Waals surface area contributed by atoms with Crippen LogP contribution in [0.3, 0.4) is 0 Å². The van der Waals surface area contributed by atoms with E-state index in [-0.39, 0.29) is 12.1 Å². The van der Waals surface area contributed by atoms with Crippen LogP contribution in [0.15, 0.2) is 30.3 Å². The van der Waals surface area contributed by atoms with E-state index in [0.29, 0.717) is 6.42 Å². The molecule has 0 bridgehead atoms. The number of benzene rings is 1. The molecular formula is C17H25NO3. The predicted molar refractivity (Wildman–Crippen MR) is 82.0 cm³/mol. The Hall–Kier alpha value is -1.55. The molecule has 1 N–H and O–H groups in total. The lowest BCUT2D eigenvalue weighted by atomic mass is 9.88. The van der Waals surface area contributed by atoms with Crippen LogP contribution in [0.2, 0.25) is 0 Å². The number of likely N-dealkylation sites (N-methyl/N-ethyl adjacent to an activating group) is 1. The first-order valence-corrected chi connectivity index (χ1v) is 7.48. The summed E-state index contributed by atoms with van der Waals surface area (Å²) in [7, 11) is 1.71. The number of hydrogen-bond acceptors (Lipinski definition) is 3. The highest BCUT2D eigenvalue weighted by molar-refractivity contribution is 5.68. The molecule has 0 radical (unpaired) electrons. The highest BCUT2D eigenvalue weighted by Crippen LogP contribution is 2.41. The summed E-state index contributed by atoms with van der Waals surface area (Å²) in [6.45, 7) is 5.53. The Balaban J connectivity index is 2.20. The third-order valence-corrected chi connectivity index (χ3v) is 4.01. The Morgan fingerprint density at radius 2 is 1.95 bits per heavy atom. The molecule has 1 fully saturated rings. The van der Waals surface area contributed by atoms with Gasteiger partial charge in [0.15, 0.2) is 0 Å². The maximum atomic E-state index is 12.3. The predicted octanol–water partition coefficient (Wildman–Crippen LogP) is 3.29. The van der Waals surface area contributed by atoms with Gasteiger partial charge in [-0.15, -0.1) is 0 Å². The third-order valence-electron chi connectivity index (χ3n) is 4.01. The molecule has 116 valence electrons. The van der Waals surface area contributed by atoms with Crippen LogP contribution in [0.4, 0.5) is 4.79 Å². The first-order chi connectivity index (χ1) is 9.74. The van der Waals surface area contributed by atoms with Crippen LogP contribution < -0.4 is 0 Å². The molecule has 4 heteroatoms. The molecule has 0 spiro atoms. The van der Waals surface area contributed by atoms with Crippen LogP contribution in [-0.2, 0) is 10.3 Å². The Bertz CT molecular complexity index is 495. The highest BCUT2D eigenvalue weighted by Gasteiger charge is 2.46. The van der Waals surface area contributed by atoms with Crippen molar-refractivity contribution in [1.82, 2.24) is 4.90 Å². The molecular weight excluding hydrogens is 266 g/mol. The van der Waals surface area contributed by atoms with Crippen molar-refractivity contribution in [2.45, 2.75) is 57.3 Å². The van der Waals surface area contributed by atoms with E-state index >= 15 is 0 Å². The zero-order valence-electron chi connectivity index (χ0n) is 13.3. The van der Waals surface area contributed by atoms with Crippen LogP contribution >= 0.6 is 0 Å². The Labute approximate surface area is 126 Å². The minimum Gasteiger partial charge on any atom is -0.444 e. The fourth-order valence-corrected chi connectivity index (χ4v) is 3.01. The van der Waals surface area contributed by atoms with Crippen molar-refractivity contribution < 1.29 is 14.6 Å². The van der Waals surface area contributed by atoms with Gasteiger partial charge in [-0.3, -0.25) is 0 Å². The van der Waals surface area contributed by atoms with Crippen LogP contribution in [0.1, 0.15) is 45.6 Å². The van der Waals surface area contributed by atoms with Crippen molar-refractivity contribution >= 4 is 6.09 Å². The fourth-order valence-electron chi connectivity index (χ4n) is 3.01. The highest BCUT2D eigenvalue weighted by atomic mass is 16.6. The summed E-state index contributed by atoms with van der Waals surface area (Å²) in [6, 6.07) is 9.33. The fraction of sp³-hybridized carbons (Fsp3) is 0.588. The summed E-state index contributed by atoms with van der Waals surface area (Å²) in [5, 5.41) is 11.1. The molecule has 1 saturated carbocycles. The average molecular weight is 291 g/mol. The van der Waals surface area contributed by atoms with Crippen LogP contribution in [0.5, 0.6) is 0 Å². The zero-order valence-corrected chi connectivity index (χ0v) is 13.3. The second-order valence-corrected chi connectivity index (χ2v) is 6.79. The SMILES string of the molecule is CN(C(=O)OC(C)(C)C)[C@@H]1CCC[C@@]1(O)c1ccccc1. The summed E-state index contributed by atoms with van der Waals surface area (Å²) in [6.07, 6.45) is 1.95. The van der Waals surface area contributed by atoms with E-state index in [9.17, 15) is 9.90 Å². The molecule has 4 nitrogen and oxygen atoms in total. The van der Waals surface area contributed by atoms with E-state index in [0.717, 1.165) is 18.4 Å². The van der Waals surface area contributed by atoms with Crippen LogP contribution in [-0.4, -0.2) is 34.8 Å². The molecule has 2 rings (SSSR count). The Kier molecular flexibility index (Phi) is 4.28. The zero-order chi connectivity index (χ0) is 15.7. The lowest BCUT2D eigenvalue weighted by molar-refractivity contribution is -0.0381. The second kappa shape index (κ2) is 5.68. The van der Waals surface area contributed by atoms with Crippen LogP contribution in [0.25, 0.3) is 0 Å². The summed E-state index contributed by atoms with van der Waals surface area (Å²) >= 11 is 0. The van der Waals surface area contributed by atoms with Crippen LogP contribution in [0, 0.1) is 0 Å². The molecule has 2 atom stereocenters. The monoisotopic (exact) mass is 291 g/mol. The van der Waals surface area contributed by atoms with Gasteiger partial charge in [0.25, 0.3) is 0 Å². The van der Waals surface area contributed by atoms with Crippen molar-refractivity contribution in [3.8, 4) is 0 Å². The summed E-state index contributed by atoms with van der Waals surface area (Å²) in [4.78, 5) is 13.8. The smallest absolute Gasteiger partial charge is 0.410 e. The number of hydrogen-bond donors (Lipinski definition) is 1. The van der Waals surface area contributed by atoms with Crippen molar-refractivity contribution in [2.75, 3.05) is 7.05 Å². The Morgan fingerprint density at radius 3 is 2.52 bits per heavy atom. The number of nitrogens with zero attached hydrogens (tertiary/aromatic N) is 1. The van der Waals surface area contributed by atoms with Crippen molar-refractivity contribution in [2.24, 2.45) is 0 Å². The van der Waals surface area contributed by atoms with Gasteiger partial charge in [-0.2, -0.15) is 0 Å². The largest absolute Gasteiger partial charge is 0.444 e. The van der Waals surface area contributed by atoms with E-state index in [2.05, 4.69) is 0 Å². The van der Waals surface area contributed by atoms with Gasteiger partial charge in [-0.05, 0) is 45.6 Å². The molecule has 1 aromatic rings. The lowest BCUT2D eigenvalue weighted by Crippen LogP contribution is -2.49. The van der Waals surface area contributed by atoms with Gasteiger partial charge in [0.05, 0.1) is 6.04 Å². The molecule has 21 heavy (non-hydrogen) atoms. The molecule has 1 aliphatic rings. The minimum atomic E-state index is -0.993. The number of carbonyl (C=O) groups is 1. The lowest BCUT2D eigenvalue weighted by Gasteiger charge is -2.37. The average Bonchev–Trinajstić information content (AvgIpc) is 2.80. The van der Waals surface area contributed by atoms with E-state index in [1.54, 1.807) is 11.9 Å². The van der Waals surface area contributed by atoms with Gasteiger partial charge in [0, 0.05) is 7.05 Å². The maximum Gasteiger partial charge on any atom is 0.410 e. The minimum absolute atomic E-state index is 0.255. The van der Waals surface area contributed by atoms with Gasteiger partial charge >= 0.3 is 6.09 Å². The first kappa shape index (κ1) is 15.8. The van der Waals surface area contributed by atoms with Gasteiger partial charge in [0.1, 0.15) is 11.2 Å². The van der Waals surface area contributed by atoms with E-state index in [4.69, 9.17) is 4.74 Å². The summed E-state index contributed by atoms with van der Waals surface area (Å²) in [5.74, 6) is 0. The molecule has 0 unspecified atom stereocenters. The van der Waals surface area contributed by atoms with E-state index in [1.807, 2.05) is 51.1 Å². The third kappa shape index (κ3) is 3.38. The molecule has 0 aromatic heterocycles. The maximum absolute atomic E-state index is 12.3. The quantitative estimate of drug-likeness (QED) is 0.909. The van der Waals surface area contributed by atoms with Gasteiger partial charge in [0.2, 0.25) is 0 Å². The molecule has 1 aliphatic carbocycles. The first-order valence-electron chi connectivity index (χ1n) is 7.48. The van der Waals surface area contributed by atoms with Crippen molar-refractivity contribution in [3.05, 3.63) is 35.9 Å². The normalized spacial score (nSPS) is 25.7. The molecule has 1 amide bonds.